The first kappa shape index (κ1) is 28.3. The van der Waals surface area contributed by atoms with E-state index in [2.05, 4.69) is 11.3 Å². The van der Waals surface area contributed by atoms with Gasteiger partial charge in [-0.3, -0.25) is 9.53 Å². The van der Waals surface area contributed by atoms with E-state index in [1.165, 1.54) is 13.8 Å². The van der Waals surface area contributed by atoms with Crippen molar-refractivity contribution in [1.82, 2.24) is 0 Å². The van der Waals surface area contributed by atoms with Crippen molar-refractivity contribution in [3.8, 4) is 17.6 Å². The normalized spacial score (nSPS) is 22.3. The number of esters is 1. The lowest BCUT2D eigenvalue weighted by Crippen LogP contribution is -2.38. The molecular formula is C25H20ClF6NO4. The molecule has 4 atom stereocenters. The van der Waals surface area contributed by atoms with Gasteiger partial charge in [-0.05, 0) is 29.7 Å². The number of ether oxygens (including phenoxy) is 3. The molecule has 1 saturated carbocycles. The number of nitrogens with zero attached hydrogens (tertiary/aromatic N) is 1. The quantitative estimate of drug-likeness (QED) is 0.143. The summed E-state index contributed by atoms with van der Waals surface area (Å²) in [5.41, 5.74) is -7.30. The third-order valence-electron chi connectivity index (χ3n) is 6.24. The minimum absolute atomic E-state index is 0.0432. The van der Waals surface area contributed by atoms with Gasteiger partial charge in [0.1, 0.15) is 17.2 Å². The number of para-hydroxylation sites is 1. The molecule has 3 rings (SSSR count). The van der Waals surface area contributed by atoms with E-state index >= 15 is 0 Å². The molecule has 0 N–H and O–H groups in total. The van der Waals surface area contributed by atoms with E-state index in [0.29, 0.717) is 0 Å². The van der Waals surface area contributed by atoms with Crippen molar-refractivity contribution in [3.05, 3.63) is 72.6 Å². The Bertz CT molecular complexity index is 1210. The summed E-state index contributed by atoms with van der Waals surface area (Å²) in [6.07, 6.45) is -10.7. The molecule has 0 aliphatic heterocycles. The van der Waals surface area contributed by atoms with Crippen molar-refractivity contribution in [2.45, 2.75) is 37.8 Å². The van der Waals surface area contributed by atoms with Crippen LogP contribution in [0.15, 0.2) is 61.2 Å². The van der Waals surface area contributed by atoms with Crippen molar-refractivity contribution in [1.29, 1.82) is 5.26 Å². The number of rotatable bonds is 9. The monoisotopic (exact) mass is 547 g/mol. The number of benzene rings is 2. The molecule has 5 nitrogen and oxygen atoms in total. The molecule has 0 aromatic heterocycles. The second-order valence-electron chi connectivity index (χ2n) is 8.78. The number of carbonyl (C=O) groups excluding carboxylic acids is 1. The highest BCUT2D eigenvalue weighted by molar-refractivity contribution is 6.20. The van der Waals surface area contributed by atoms with Crippen molar-refractivity contribution < 1.29 is 45.3 Å². The lowest BCUT2D eigenvalue weighted by molar-refractivity contribution is -0.316. The van der Waals surface area contributed by atoms with E-state index in [1.54, 1.807) is 36.4 Å². The predicted octanol–water partition coefficient (Wildman–Crippen LogP) is 7.29. The van der Waals surface area contributed by atoms with Crippen molar-refractivity contribution >= 4 is 17.6 Å². The first-order valence-corrected chi connectivity index (χ1v) is 11.1. The lowest BCUT2D eigenvalue weighted by Gasteiger charge is -2.24. The molecule has 0 bridgehead atoms. The van der Waals surface area contributed by atoms with Gasteiger partial charge in [0, 0.05) is 5.56 Å². The van der Waals surface area contributed by atoms with Gasteiger partial charge >= 0.3 is 18.3 Å². The Labute approximate surface area is 213 Å². The van der Waals surface area contributed by atoms with E-state index in [9.17, 15) is 36.4 Å². The van der Waals surface area contributed by atoms with Gasteiger partial charge in [0.2, 0.25) is 11.7 Å². The highest BCUT2D eigenvalue weighted by atomic mass is 35.5. The fourth-order valence-electron chi connectivity index (χ4n) is 4.35. The van der Waals surface area contributed by atoms with Gasteiger partial charge in [-0.25, -0.2) is 4.39 Å². The molecule has 0 spiro atoms. The van der Waals surface area contributed by atoms with Gasteiger partial charge in [-0.2, -0.15) is 27.2 Å². The Morgan fingerprint density at radius 1 is 1.16 bits per heavy atom. The summed E-state index contributed by atoms with van der Waals surface area (Å²) in [4.78, 5) is 13.1. The highest BCUT2D eigenvalue weighted by Crippen LogP contribution is 2.75. The molecule has 2 aromatic rings. The van der Waals surface area contributed by atoms with E-state index in [-0.39, 0.29) is 17.1 Å². The van der Waals surface area contributed by atoms with E-state index in [1.807, 2.05) is 0 Å². The van der Waals surface area contributed by atoms with Crippen LogP contribution in [0.2, 0.25) is 0 Å². The number of alkyl halides is 6. The summed E-state index contributed by atoms with van der Waals surface area (Å²) in [7, 11) is 0. The Balaban J connectivity index is 1.86. The summed E-state index contributed by atoms with van der Waals surface area (Å²) in [5.74, 6) is -4.33. The molecule has 1 aliphatic rings. The number of hydrogen-bond acceptors (Lipinski definition) is 5. The first-order chi connectivity index (χ1) is 17.1. The average Bonchev–Trinajstić information content (AvgIpc) is 3.36. The van der Waals surface area contributed by atoms with Gasteiger partial charge in [0.15, 0.2) is 11.6 Å². The molecule has 1 aliphatic carbocycles. The van der Waals surface area contributed by atoms with Gasteiger partial charge in [0.25, 0.3) is 0 Å². The Hall–Kier alpha value is -3.23. The molecule has 0 amide bonds. The van der Waals surface area contributed by atoms with Crippen LogP contribution in [0.5, 0.6) is 11.5 Å². The molecule has 0 saturated heterocycles. The second-order valence-corrected chi connectivity index (χ2v) is 9.18. The summed E-state index contributed by atoms with van der Waals surface area (Å²) in [6.45, 7) is 5.74. The number of nitriles is 1. The van der Waals surface area contributed by atoms with Gasteiger partial charge in [0.05, 0.1) is 5.92 Å². The predicted molar refractivity (Wildman–Crippen MR) is 119 cm³/mol. The van der Waals surface area contributed by atoms with E-state index in [0.717, 1.165) is 24.3 Å². The highest BCUT2D eigenvalue weighted by Gasteiger charge is 2.83. The van der Waals surface area contributed by atoms with Gasteiger partial charge in [-0.1, -0.05) is 55.8 Å². The summed E-state index contributed by atoms with van der Waals surface area (Å²) in [5, 5.41) is 9.60. The molecule has 0 radical (unpaired) electrons. The standard InChI is InChI=1S/C25H20ClF6NO4/c1-4-23(19(22(23,2)3)25(31,32)37-20(26)24(28,29)30)21(34)36-18(13-33)14-10-11-16(27)17(12-14)35-15-8-6-5-7-9-15/h4-12,18-20H,1H2,2-3H3. The maximum atomic E-state index is 14.8. The Morgan fingerprint density at radius 2 is 1.78 bits per heavy atom. The molecule has 198 valence electrons. The zero-order chi connectivity index (χ0) is 27.8. The number of halogens is 7. The lowest BCUT2D eigenvalue weighted by atomic mass is 9.96. The zero-order valence-corrected chi connectivity index (χ0v) is 20.1. The minimum atomic E-state index is -5.30. The summed E-state index contributed by atoms with van der Waals surface area (Å²) >= 11 is 4.94. The first-order valence-electron chi connectivity index (χ1n) is 10.6. The van der Waals surface area contributed by atoms with Crippen LogP contribution in [0.1, 0.15) is 25.5 Å². The van der Waals surface area contributed by atoms with Crippen LogP contribution in [-0.2, 0) is 14.3 Å². The van der Waals surface area contributed by atoms with E-state index in [4.69, 9.17) is 21.1 Å². The smallest absolute Gasteiger partial charge is 0.428 e. The maximum Gasteiger partial charge on any atom is 0.428 e. The van der Waals surface area contributed by atoms with Crippen molar-refractivity contribution in [2.24, 2.45) is 16.7 Å². The molecule has 0 heterocycles. The van der Waals surface area contributed by atoms with Crippen molar-refractivity contribution in [3.63, 3.8) is 0 Å². The van der Waals surface area contributed by atoms with Crippen LogP contribution in [0.25, 0.3) is 0 Å². The number of hydrogen-bond donors (Lipinski definition) is 0. The molecule has 4 unspecified atom stereocenters. The summed E-state index contributed by atoms with van der Waals surface area (Å²) in [6, 6.07) is 12.9. The Kier molecular flexibility index (Phi) is 7.59. The van der Waals surface area contributed by atoms with Crippen LogP contribution in [-0.4, -0.2) is 23.8 Å². The SMILES string of the molecule is C=CC1(C(=O)OC(C#N)c2ccc(F)c(Oc3ccccc3)c2)C(C(F)(F)OC(Cl)C(F)(F)F)C1(C)C. The molecule has 1 fully saturated rings. The largest absolute Gasteiger partial charge is 0.454 e. The van der Waals surface area contributed by atoms with Crippen LogP contribution < -0.4 is 4.74 Å². The van der Waals surface area contributed by atoms with E-state index < -0.39 is 52.5 Å². The van der Waals surface area contributed by atoms with Crippen LogP contribution in [0.3, 0.4) is 0 Å². The van der Waals surface area contributed by atoms with Gasteiger partial charge in [-0.15, -0.1) is 6.58 Å². The third-order valence-corrected chi connectivity index (χ3v) is 6.58. The van der Waals surface area contributed by atoms with Crippen LogP contribution in [0.4, 0.5) is 26.3 Å². The fourth-order valence-corrected chi connectivity index (χ4v) is 4.47. The van der Waals surface area contributed by atoms with Crippen LogP contribution >= 0.6 is 11.6 Å². The maximum absolute atomic E-state index is 14.8. The number of carbonyl (C=O) groups is 1. The van der Waals surface area contributed by atoms with Crippen LogP contribution in [0, 0.1) is 33.9 Å². The summed E-state index contributed by atoms with van der Waals surface area (Å²) < 4.78 is 96.5. The molecule has 12 heteroatoms. The third kappa shape index (κ3) is 5.26. The molecular weight excluding hydrogens is 528 g/mol. The second kappa shape index (κ2) is 9.91. The molecule has 37 heavy (non-hydrogen) atoms. The minimum Gasteiger partial charge on any atom is -0.454 e. The fraction of sp³-hybridized carbons (Fsp3) is 0.360. The zero-order valence-electron chi connectivity index (χ0n) is 19.4. The molecule has 2 aromatic carbocycles. The Morgan fingerprint density at radius 3 is 2.32 bits per heavy atom. The average molecular weight is 548 g/mol. The topological polar surface area (TPSA) is 68.6 Å². The van der Waals surface area contributed by atoms with Gasteiger partial charge < -0.3 is 9.47 Å². The van der Waals surface area contributed by atoms with Crippen molar-refractivity contribution in [2.75, 3.05) is 0 Å².